The van der Waals surface area contributed by atoms with E-state index < -0.39 is 9.05 Å². The van der Waals surface area contributed by atoms with Crippen molar-refractivity contribution in [3.8, 4) is 0 Å². The van der Waals surface area contributed by atoms with Gasteiger partial charge in [0.2, 0.25) is 5.28 Å². The molecule has 0 fully saturated rings. The summed E-state index contributed by atoms with van der Waals surface area (Å²) in [6, 6.07) is 1.42. The molecule has 0 aliphatic heterocycles. The van der Waals surface area contributed by atoms with Gasteiger partial charge in [-0.25, -0.2) is 18.4 Å². The maximum Gasteiger partial charge on any atom is 0.270 e. The van der Waals surface area contributed by atoms with Crippen LogP contribution in [0.5, 0.6) is 0 Å². The lowest BCUT2D eigenvalue weighted by Crippen LogP contribution is -1.83. The van der Waals surface area contributed by atoms with Gasteiger partial charge in [-0.1, -0.05) is 0 Å². The Labute approximate surface area is 92.9 Å². The molecule has 0 bridgehead atoms. The van der Waals surface area contributed by atoms with E-state index in [4.69, 9.17) is 22.3 Å². The summed E-state index contributed by atoms with van der Waals surface area (Å²) < 4.78 is 22.0. The Balaban J connectivity index is 2.75. The number of halogens is 2. The number of thiophene rings is 1. The van der Waals surface area contributed by atoms with Crippen LogP contribution in [-0.4, -0.2) is 18.4 Å². The minimum absolute atomic E-state index is 0.0470. The molecule has 4 nitrogen and oxygen atoms in total. The maximum absolute atomic E-state index is 11.0. The molecule has 0 aliphatic rings. The predicted octanol–water partition coefficient (Wildman–Crippen LogP) is 2.27. The van der Waals surface area contributed by atoms with Gasteiger partial charge in [0, 0.05) is 22.3 Å². The van der Waals surface area contributed by atoms with Crippen LogP contribution in [0.15, 0.2) is 16.5 Å². The Bertz CT molecular complexity index is 593. The first-order chi connectivity index (χ1) is 6.47. The van der Waals surface area contributed by atoms with Crippen molar-refractivity contribution in [3.63, 3.8) is 0 Å². The van der Waals surface area contributed by atoms with Crippen molar-refractivity contribution in [1.29, 1.82) is 0 Å². The highest BCUT2D eigenvalue weighted by Crippen LogP contribution is 2.29. The van der Waals surface area contributed by atoms with E-state index >= 15 is 0 Å². The Kier molecular flexibility index (Phi) is 2.38. The van der Waals surface area contributed by atoms with E-state index in [-0.39, 0.29) is 9.49 Å². The second kappa shape index (κ2) is 3.30. The predicted molar refractivity (Wildman–Crippen MR) is 55.5 cm³/mol. The van der Waals surface area contributed by atoms with E-state index in [1.165, 1.54) is 12.3 Å². The molecule has 0 aliphatic carbocycles. The van der Waals surface area contributed by atoms with Gasteiger partial charge in [-0.05, 0) is 17.7 Å². The van der Waals surface area contributed by atoms with Crippen molar-refractivity contribution in [1.82, 2.24) is 9.97 Å². The average molecular weight is 269 g/mol. The Morgan fingerprint density at radius 1 is 1.43 bits per heavy atom. The van der Waals surface area contributed by atoms with Crippen molar-refractivity contribution in [2.75, 3.05) is 0 Å². The topological polar surface area (TPSA) is 59.9 Å². The smallest absolute Gasteiger partial charge is 0.226 e. The van der Waals surface area contributed by atoms with Crippen LogP contribution in [0, 0.1) is 0 Å². The zero-order chi connectivity index (χ0) is 10.3. The number of nitrogens with zero attached hydrogens (tertiary/aromatic N) is 2. The van der Waals surface area contributed by atoms with Crippen molar-refractivity contribution in [2.24, 2.45) is 0 Å². The SMILES string of the molecule is O=S(=O)(Cl)c1cc2cnc(Cl)nc2s1. The molecule has 2 aromatic heterocycles. The van der Waals surface area contributed by atoms with E-state index in [0.29, 0.717) is 10.2 Å². The molecule has 2 heterocycles. The van der Waals surface area contributed by atoms with E-state index in [0.717, 1.165) is 11.3 Å². The second-order valence-corrected chi connectivity index (χ2v) is 6.56. The fourth-order valence-corrected chi connectivity index (χ4v) is 3.15. The van der Waals surface area contributed by atoms with Gasteiger partial charge < -0.3 is 0 Å². The standard InChI is InChI=1S/C6H2Cl2N2O2S2/c7-6-9-2-3-1-4(14(8,11)12)13-5(3)10-6/h1-2H. The van der Waals surface area contributed by atoms with Crippen molar-refractivity contribution in [3.05, 3.63) is 17.5 Å². The van der Waals surface area contributed by atoms with Crippen LogP contribution < -0.4 is 0 Å². The van der Waals surface area contributed by atoms with Crippen molar-refractivity contribution in [2.45, 2.75) is 4.21 Å². The summed E-state index contributed by atoms with van der Waals surface area (Å²) in [6.45, 7) is 0. The summed E-state index contributed by atoms with van der Waals surface area (Å²) in [6.07, 6.45) is 1.45. The first kappa shape index (κ1) is 10.1. The lowest BCUT2D eigenvalue weighted by Gasteiger charge is -1.86. The van der Waals surface area contributed by atoms with E-state index in [9.17, 15) is 8.42 Å². The van der Waals surface area contributed by atoms with Gasteiger partial charge in [0.25, 0.3) is 9.05 Å². The molecule has 14 heavy (non-hydrogen) atoms. The number of hydrogen-bond donors (Lipinski definition) is 0. The maximum atomic E-state index is 11.0. The van der Waals surface area contributed by atoms with Gasteiger partial charge >= 0.3 is 0 Å². The summed E-state index contributed by atoms with van der Waals surface area (Å²) in [4.78, 5) is 8.09. The third kappa shape index (κ3) is 1.83. The zero-order valence-corrected chi connectivity index (χ0v) is 9.58. The molecule has 0 amide bonds. The molecule has 2 aromatic rings. The lowest BCUT2D eigenvalue weighted by atomic mass is 10.4. The normalized spacial score (nSPS) is 12.1. The van der Waals surface area contributed by atoms with Crippen LogP contribution in [-0.2, 0) is 9.05 Å². The summed E-state index contributed by atoms with van der Waals surface area (Å²) in [5, 5.41) is 0.691. The van der Waals surface area contributed by atoms with E-state index in [2.05, 4.69) is 9.97 Å². The average Bonchev–Trinajstić information content (AvgIpc) is 2.45. The fraction of sp³-hybridized carbons (Fsp3) is 0. The van der Waals surface area contributed by atoms with Gasteiger partial charge in [0.05, 0.1) is 0 Å². The van der Waals surface area contributed by atoms with Gasteiger partial charge in [0.15, 0.2) is 0 Å². The monoisotopic (exact) mass is 268 g/mol. The molecule has 0 radical (unpaired) electrons. The molecule has 0 saturated carbocycles. The fourth-order valence-electron chi connectivity index (χ4n) is 0.908. The minimum Gasteiger partial charge on any atom is -0.226 e. The second-order valence-electron chi connectivity index (χ2n) is 2.40. The third-order valence-electron chi connectivity index (χ3n) is 1.46. The van der Waals surface area contributed by atoms with Crippen LogP contribution in [0.1, 0.15) is 0 Å². The van der Waals surface area contributed by atoms with Gasteiger partial charge in [-0.3, -0.25) is 0 Å². The molecule has 0 N–H and O–H groups in total. The van der Waals surface area contributed by atoms with Gasteiger partial charge in [0.1, 0.15) is 9.04 Å². The molecule has 8 heteroatoms. The summed E-state index contributed by atoms with van der Waals surface area (Å²) in [5.41, 5.74) is 0. The summed E-state index contributed by atoms with van der Waals surface area (Å²) in [7, 11) is 1.47. The van der Waals surface area contributed by atoms with Gasteiger partial charge in [-0.2, -0.15) is 0 Å². The summed E-state index contributed by atoms with van der Waals surface area (Å²) >= 11 is 6.51. The molecular formula is C6H2Cl2N2O2S2. The summed E-state index contributed by atoms with van der Waals surface area (Å²) in [5.74, 6) is 0. The van der Waals surface area contributed by atoms with Crippen molar-refractivity contribution >= 4 is 52.9 Å². The van der Waals surface area contributed by atoms with Crippen LogP contribution in [0.3, 0.4) is 0 Å². The molecule has 0 unspecified atom stereocenters. The van der Waals surface area contributed by atoms with Gasteiger partial charge in [-0.15, -0.1) is 11.3 Å². The van der Waals surface area contributed by atoms with Crippen LogP contribution >= 0.6 is 33.6 Å². The first-order valence-corrected chi connectivity index (χ1v) is 6.84. The minimum atomic E-state index is -3.70. The van der Waals surface area contributed by atoms with Crippen LogP contribution in [0.4, 0.5) is 0 Å². The van der Waals surface area contributed by atoms with Crippen LogP contribution in [0.2, 0.25) is 5.28 Å². The van der Waals surface area contributed by atoms with E-state index in [1.807, 2.05) is 0 Å². The number of aromatic nitrogens is 2. The Morgan fingerprint density at radius 3 is 2.79 bits per heavy atom. The molecule has 0 atom stereocenters. The molecule has 0 aromatic carbocycles. The Morgan fingerprint density at radius 2 is 2.14 bits per heavy atom. The highest BCUT2D eigenvalue weighted by atomic mass is 35.7. The third-order valence-corrected chi connectivity index (χ3v) is 4.76. The molecule has 0 saturated heterocycles. The number of rotatable bonds is 1. The highest BCUT2D eigenvalue weighted by Gasteiger charge is 2.15. The Hall–Kier alpha value is -0.430. The zero-order valence-electron chi connectivity index (χ0n) is 6.44. The van der Waals surface area contributed by atoms with E-state index in [1.54, 1.807) is 0 Å². The number of hydrogen-bond acceptors (Lipinski definition) is 5. The molecule has 0 spiro atoms. The lowest BCUT2D eigenvalue weighted by molar-refractivity contribution is 0.611. The highest BCUT2D eigenvalue weighted by molar-refractivity contribution is 8.15. The quantitative estimate of drug-likeness (QED) is 0.588. The molecule has 74 valence electrons. The van der Waals surface area contributed by atoms with Crippen molar-refractivity contribution < 1.29 is 8.42 Å². The first-order valence-electron chi connectivity index (χ1n) is 3.33. The largest absolute Gasteiger partial charge is 0.270 e. The van der Waals surface area contributed by atoms with Crippen LogP contribution in [0.25, 0.3) is 10.2 Å². The molecule has 2 rings (SSSR count). The number of fused-ring (bicyclic) bond motifs is 1. The molecular weight excluding hydrogens is 267 g/mol.